The van der Waals surface area contributed by atoms with Crippen LogP contribution in [0.25, 0.3) is 0 Å². The number of β-amino-alcohol motifs (C(OH)–C–C–N with tert-alkyl or cyclic N) is 1. The number of hydrogen-bond donors (Lipinski definition) is 2. The van der Waals surface area contributed by atoms with E-state index < -0.39 is 35.5 Å². The molecule has 4 aliphatic carbocycles. The molecule has 1 heterocycles. The van der Waals surface area contributed by atoms with Gasteiger partial charge in [0.05, 0.1) is 23.2 Å². The molecule has 5 aliphatic rings. The summed E-state index contributed by atoms with van der Waals surface area (Å²) in [7, 11) is 0. The third-order valence-corrected chi connectivity index (χ3v) is 8.23. The van der Waals surface area contributed by atoms with Crippen molar-refractivity contribution in [3.05, 3.63) is 29.8 Å². The number of likely N-dealkylation sites (tertiary alicyclic amines) is 1. The zero-order valence-corrected chi connectivity index (χ0v) is 19.4. The van der Waals surface area contributed by atoms with Crippen molar-refractivity contribution in [2.45, 2.75) is 70.1 Å². The second kappa shape index (κ2) is 8.70. The Morgan fingerprint density at radius 1 is 1.15 bits per heavy atom. The SMILES string of the molecule is CC(OC(=O)[C@@H]1CC(O)CN1C(=O)C12CC3CC(CC(C3)C1)C2)C(=O)Nc1cccc(C#N)c1. The fourth-order valence-corrected chi connectivity index (χ4v) is 7.16. The molecule has 4 bridgehead atoms. The molecular formula is C26H31N3O5. The first-order chi connectivity index (χ1) is 16.3. The van der Waals surface area contributed by atoms with Crippen molar-refractivity contribution in [1.29, 1.82) is 5.26 Å². The number of esters is 1. The number of nitrogens with one attached hydrogen (secondary N) is 1. The Bertz CT molecular complexity index is 1010. The average Bonchev–Trinajstić information content (AvgIpc) is 3.19. The molecule has 2 N–H and O–H groups in total. The molecule has 5 fully saturated rings. The molecule has 3 atom stereocenters. The first kappa shape index (κ1) is 22.9. The summed E-state index contributed by atoms with van der Waals surface area (Å²) in [4.78, 5) is 40.9. The smallest absolute Gasteiger partial charge is 0.329 e. The Labute approximate surface area is 199 Å². The molecule has 0 spiro atoms. The third-order valence-electron chi connectivity index (χ3n) is 8.23. The van der Waals surface area contributed by atoms with Gasteiger partial charge in [-0.15, -0.1) is 0 Å². The quantitative estimate of drug-likeness (QED) is 0.645. The fraction of sp³-hybridized carbons (Fsp3) is 0.615. The molecule has 1 aliphatic heterocycles. The van der Waals surface area contributed by atoms with E-state index in [1.54, 1.807) is 18.2 Å². The topological polar surface area (TPSA) is 120 Å². The molecule has 8 nitrogen and oxygen atoms in total. The predicted octanol–water partition coefficient (Wildman–Crippen LogP) is 2.61. The number of rotatable bonds is 5. The number of anilines is 1. The molecule has 2 unspecified atom stereocenters. The van der Waals surface area contributed by atoms with Crippen molar-refractivity contribution in [3.8, 4) is 6.07 Å². The molecule has 180 valence electrons. The number of nitriles is 1. The number of nitrogens with zero attached hydrogens (tertiary/aromatic N) is 2. The first-order valence-corrected chi connectivity index (χ1v) is 12.3. The molecule has 0 radical (unpaired) electrons. The summed E-state index contributed by atoms with van der Waals surface area (Å²) in [5.74, 6) is 0.573. The highest BCUT2D eigenvalue weighted by molar-refractivity contribution is 5.96. The van der Waals surface area contributed by atoms with Crippen molar-refractivity contribution in [1.82, 2.24) is 4.90 Å². The Morgan fingerprint density at radius 2 is 1.79 bits per heavy atom. The highest BCUT2D eigenvalue weighted by atomic mass is 16.5. The zero-order valence-electron chi connectivity index (χ0n) is 19.4. The van der Waals surface area contributed by atoms with Crippen molar-refractivity contribution in [2.24, 2.45) is 23.2 Å². The summed E-state index contributed by atoms with van der Waals surface area (Å²) in [5.41, 5.74) is 0.426. The molecule has 0 aromatic heterocycles. The minimum absolute atomic E-state index is 0.0180. The Kier molecular flexibility index (Phi) is 5.85. The van der Waals surface area contributed by atoms with Crippen LogP contribution in [0.1, 0.15) is 57.4 Å². The number of amides is 2. The summed E-state index contributed by atoms with van der Waals surface area (Å²) in [6.07, 6.45) is 4.53. The highest BCUT2D eigenvalue weighted by Crippen LogP contribution is 2.60. The molecule has 2 amide bonds. The lowest BCUT2D eigenvalue weighted by Gasteiger charge is -2.56. The molecule has 34 heavy (non-hydrogen) atoms. The number of aliphatic hydroxyl groups excluding tert-OH is 1. The van der Waals surface area contributed by atoms with E-state index in [9.17, 15) is 19.5 Å². The number of carbonyl (C=O) groups is 3. The maximum absolute atomic E-state index is 13.8. The maximum Gasteiger partial charge on any atom is 0.329 e. The van der Waals surface area contributed by atoms with E-state index in [1.807, 2.05) is 6.07 Å². The summed E-state index contributed by atoms with van der Waals surface area (Å²) in [6, 6.07) is 7.58. The predicted molar refractivity (Wildman–Crippen MR) is 122 cm³/mol. The normalized spacial score (nSPS) is 34.4. The Morgan fingerprint density at radius 3 is 2.41 bits per heavy atom. The van der Waals surface area contributed by atoms with Gasteiger partial charge in [-0.25, -0.2) is 4.79 Å². The Balaban J connectivity index is 1.25. The minimum atomic E-state index is -1.09. The van der Waals surface area contributed by atoms with Gasteiger partial charge in [0.2, 0.25) is 5.91 Å². The van der Waals surface area contributed by atoms with Gasteiger partial charge in [0.1, 0.15) is 6.04 Å². The van der Waals surface area contributed by atoms with E-state index in [-0.39, 0.29) is 18.9 Å². The average molecular weight is 466 g/mol. The zero-order chi connectivity index (χ0) is 24.0. The van der Waals surface area contributed by atoms with Crippen LogP contribution >= 0.6 is 0 Å². The molecule has 6 rings (SSSR count). The van der Waals surface area contributed by atoms with Crippen LogP contribution in [0, 0.1) is 34.5 Å². The second-order valence-corrected chi connectivity index (χ2v) is 10.8. The van der Waals surface area contributed by atoms with Gasteiger partial charge in [0.15, 0.2) is 6.10 Å². The van der Waals surface area contributed by atoms with Gasteiger partial charge in [-0.2, -0.15) is 5.26 Å². The van der Waals surface area contributed by atoms with Crippen LogP contribution in [0.2, 0.25) is 0 Å². The number of benzene rings is 1. The van der Waals surface area contributed by atoms with Gasteiger partial charge in [0.25, 0.3) is 5.91 Å². The second-order valence-electron chi connectivity index (χ2n) is 10.8. The van der Waals surface area contributed by atoms with E-state index in [4.69, 9.17) is 10.00 Å². The van der Waals surface area contributed by atoms with Gasteiger partial charge in [0, 0.05) is 18.7 Å². The molecule has 8 heteroatoms. The van der Waals surface area contributed by atoms with Crippen LogP contribution in [0.3, 0.4) is 0 Å². The van der Waals surface area contributed by atoms with Gasteiger partial charge in [-0.05, 0) is 81.4 Å². The third kappa shape index (κ3) is 4.18. The lowest BCUT2D eigenvalue weighted by molar-refractivity contribution is -0.168. The molecule has 1 aromatic rings. The molecule has 4 saturated carbocycles. The van der Waals surface area contributed by atoms with Gasteiger partial charge >= 0.3 is 5.97 Å². The van der Waals surface area contributed by atoms with Crippen molar-refractivity contribution in [3.63, 3.8) is 0 Å². The van der Waals surface area contributed by atoms with E-state index in [2.05, 4.69) is 5.32 Å². The van der Waals surface area contributed by atoms with E-state index in [1.165, 1.54) is 37.2 Å². The molecular weight excluding hydrogens is 434 g/mol. The molecule has 1 aromatic carbocycles. The van der Waals surface area contributed by atoms with E-state index >= 15 is 0 Å². The van der Waals surface area contributed by atoms with Crippen molar-refractivity contribution < 1.29 is 24.2 Å². The van der Waals surface area contributed by atoms with Crippen LogP contribution in [0.4, 0.5) is 5.69 Å². The lowest BCUT2D eigenvalue weighted by atomic mass is 9.49. The number of aliphatic hydroxyl groups is 1. The van der Waals surface area contributed by atoms with E-state index in [0.717, 1.165) is 19.3 Å². The standard InChI is InChI=1S/C26H31N3O5/c1-15(23(31)28-20-4-2-3-16(8-20)13-27)34-24(32)22-9-21(30)14-29(22)25(33)26-10-17-5-18(11-26)7-19(6-17)12-26/h2-4,8,15,17-19,21-22,30H,5-7,9-12,14H2,1H3,(H,28,31)/t15?,17?,18?,19?,21?,22-,26?/m0/s1. The van der Waals surface area contributed by atoms with Crippen LogP contribution in [-0.4, -0.2) is 52.6 Å². The number of ether oxygens (including phenoxy) is 1. The minimum Gasteiger partial charge on any atom is -0.451 e. The van der Waals surface area contributed by atoms with Crippen molar-refractivity contribution in [2.75, 3.05) is 11.9 Å². The maximum atomic E-state index is 13.8. The summed E-state index contributed by atoms with van der Waals surface area (Å²) in [5, 5.41) is 22.0. The van der Waals surface area contributed by atoms with Crippen LogP contribution in [0.5, 0.6) is 0 Å². The number of carbonyl (C=O) groups excluding carboxylic acids is 3. The van der Waals surface area contributed by atoms with Gasteiger partial charge in [-0.1, -0.05) is 6.07 Å². The van der Waals surface area contributed by atoms with Gasteiger partial charge in [-0.3, -0.25) is 9.59 Å². The van der Waals surface area contributed by atoms with Crippen LogP contribution < -0.4 is 5.32 Å². The summed E-state index contributed by atoms with van der Waals surface area (Å²) < 4.78 is 5.45. The van der Waals surface area contributed by atoms with Crippen LogP contribution in [0.15, 0.2) is 24.3 Å². The Hall–Kier alpha value is -2.92. The summed E-state index contributed by atoms with van der Waals surface area (Å²) in [6.45, 7) is 1.60. The van der Waals surface area contributed by atoms with Crippen molar-refractivity contribution >= 4 is 23.5 Å². The first-order valence-electron chi connectivity index (χ1n) is 12.3. The monoisotopic (exact) mass is 465 g/mol. The van der Waals surface area contributed by atoms with Gasteiger partial charge < -0.3 is 20.1 Å². The number of hydrogen-bond acceptors (Lipinski definition) is 6. The largest absolute Gasteiger partial charge is 0.451 e. The summed E-state index contributed by atoms with van der Waals surface area (Å²) >= 11 is 0. The van der Waals surface area contributed by atoms with E-state index in [0.29, 0.717) is 29.0 Å². The van der Waals surface area contributed by atoms with Crippen LogP contribution in [-0.2, 0) is 19.1 Å². The fourth-order valence-electron chi connectivity index (χ4n) is 7.16. The molecule has 1 saturated heterocycles. The highest BCUT2D eigenvalue weighted by Gasteiger charge is 2.57. The lowest BCUT2D eigenvalue weighted by Crippen LogP contribution is -2.56.